The number of amides is 1. The van der Waals surface area contributed by atoms with Crippen molar-refractivity contribution in [3.05, 3.63) is 84.5 Å². The number of nitrogens with zero attached hydrogens (tertiary/aromatic N) is 4. The van der Waals surface area contributed by atoms with E-state index >= 15 is 0 Å². The van der Waals surface area contributed by atoms with E-state index in [2.05, 4.69) is 15.5 Å². The van der Waals surface area contributed by atoms with Gasteiger partial charge in [-0.05, 0) is 75.1 Å². The Morgan fingerprint density at radius 3 is 2.44 bits per heavy atom. The average molecular weight is 512 g/mol. The van der Waals surface area contributed by atoms with Gasteiger partial charge in [0, 0.05) is 22.4 Å². The fourth-order valence-corrected chi connectivity index (χ4v) is 4.03. The lowest BCUT2D eigenvalue weighted by Crippen LogP contribution is -2.45. The monoisotopic (exact) mass is 511 g/mol. The number of aryl methyl sites for hydroxylation is 1. The van der Waals surface area contributed by atoms with Crippen LogP contribution in [0.5, 0.6) is 5.75 Å². The van der Waals surface area contributed by atoms with Crippen LogP contribution in [0.15, 0.2) is 57.2 Å². The fourth-order valence-electron chi connectivity index (χ4n) is 3.91. The highest BCUT2D eigenvalue weighted by atomic mass is 35.5. The van der Waals surface area contributed by atoms with Crippen molar-refractivity contribution in [1.29, 1.82) is 0 Å². The van der Waals surface area contributed by atoms with E-state index in [1.807, 2.05) is 26.8 Å². The van der Waals surface area contributed by atoms with Crippen molar-refractivity contribution in [2.24, 2.45) is 10.6 Å². The second-order valence-electron chi connectivity index (χ2n) is 9.25. The number of nitrogens with one attached hydrogen (secondary N) is 1. The van der Waals surface area contributed by atoms with Crippen molar-refractivity contribution in [2.45, 2.75) is 52.8 Å². The minimum Gasteiger partial charge on any atom is -0.491 e. The lowest BCUT2D eigenvalue weighted by molar-refractivity contribution is -0.123. The molecule has 188 valence electrons. The number of rotatable bonds is 9. The minimum atomic E-state index is -1.12. The number of carbonyl (C=O) groups is 1. The predicted molar refractivity (Wildman–Crippen MR) is 136 cm³/mol. The topological polar surface area (TPSA) is 125 Å². The summed E-state index contributed by atoms with van der Waals surface area (Å²) in [5.74, 6) is -0.0992. The SMILES string of the molecule is Cc1cc(Nc2nc(=O)n(CC3(C(=O)N=O)CC3)c(=O)n2Cc2ccc(Cl)cc2)ccc1OC(C)C. The first kappa shape index (κ1) is 25.3. The number of anilines is 2. The standard InChI is InChI=1S/C25H26ClN5O5/c1-15(2)36-20-9-8-19(12-16(20)3)27-22-28-23(33)31(14-25(10-11-25)21(32)29-35)24(34)30(22)13-17-4-6-18(26)7-5-17/h4-9,12,15H,10-11,13-14H2,1-3H3,(H,27,28,33). The highest BCUT2D eigenvalue weighted by Crippen LogP contribution is 2.47. The van der Waals surface area contributed by atoms with Crippen LogP contribution in [0.4, 0.5) is 11.6 Å². The molecule has 0 saturated heterocycles. The van der Waals surface area contributed by atoms with Crippen LogP contribution in [0, 0.1) is 17.2 Å². The van der Waals surface area contributed by atoms with E-state index in [1.165, 1.54) is 4.57 Å². The van der Waals surface area contributed by atoms with Gasteiger partial charge in [-0.15, -0.1) is 4.91 Å². The van der Waals surface area contributed by atoms with E-state index in [-0.39, 0.29) is 25.1 Å². The van der Waals surface area contributed by atoms with Crippen LogP contribution in [-0.2, 0) is 17.9 Å². The highest BCUT2D eigenvalue weighted by Gasteiger charge is 2.51. The molecule has 0 atom stereocenters. The van der Waals surface area contributed by atoms with Crippen molar-refractivity contribution in [2.75, 3.05) is 5.32 Å². The molecule has 4 rings (SSSR count). The summed E-state index contributed by atoms with van der Waals surface area (Å²) in [7, 11) is 0. The van der Waals surface area contributed by atoms with E-state index in [1.54, 1.807) is 36.4 Å². The van der Waals surface area contributed by atoms with E-state index in [0.29, 0.717) is 23.6 Å². The van der Waals surface area contributed by atoms with Crippen LogP contribution in [0.3, 0.4) is 0 Å². The van der Waals surface area contributed by atoms with Gasteiger partial charge >= 0.3 is 11.4 Å². The molecule has 1 amide bonds. The zero-order valence-electron chi connectivity index (χ0n) is 20.2. The van der Waals surface area contributed by atoms with Crippen LogP contribution in [-0.4, -0.2) is 26.1 Å². The van der Waals surface area contributed by atoms with Crippen LogP contribution < -0.4 is 21.4 Å². The molecule has 36 heavy (non-hydrogen) atoms. The van der Waals surface area contributed by atoms with Crippen LogP contribution in [0.2, 0.25) is 5.02 Å². The Kier molecular flexibility index (Phi) is 7.07. The number of aromatic nitrogens is 3. The highest BCUT2D eigenvalue weighted by molar-refractivity contribution is 6.30. The van der Waals surface area contributed by atoms with Gasteiger partial charge in [0.05, 0.1) is 18.1 Å². The lowest BCUT2D eigenvalue weighted by atomic mass is 10.1. The first-order chi connectivity index (χ1) is 17.1. The Labute approximate surface area is 211 Å². The van der Waals surface area contributed by atoms with Gasteiger partial charge in [0.15, 0.2) is 0 Å². The Morgan fingerprint density at radius 1 is 1.17 bits per heavy atom. The molecule has 1 heterocycles. The molecule has 0 radical (unpaired) electrons. The van der Waals surface area contributed by atoms with Gasteiger partial charge in [-0.25, -0.2) is 14.2 Å². The Morgan fingerprint density at radius 2 is 1.86 bits per heavy atom. The zero-order chi connectivity index (χ0) is 26.0. The molecule has 1 aromatic heterocycles. The Bertz CT molecular complexity index is 1420. The fraction of sp³-hybridized carbons (Fsp3) is 0.360. The van der Waals surface area contributed by atoms with Gasteiger partial charge < -0.3 is 10.1 Å². The summed E-state index contributed by atoms with van der Waals surface area (Å²) in [4.78, 5) is 53.4. The maximum atomic E-state index is 13.5. The number of ether oxygens (including phenoxy) is 1. The van der Waals surface area contributed by atoms with Gasteiger partial charge in [0.1, 0.15) is 5.75 Å². The molecule has 0 unspecified atom stereocenters. The number of hydrogen-bond donors (Lipinski definition) is 1. The number of halogens is 1. The van der Waals surface area contributed by atoms with Crippen LogP contribution >= 0.6 is 11.6 Å². The number of benzene rings is 2. The molecular weight excluding hydrogens is 486 g/mol. The molecule has 0 spiro atoms. The van der Waals surface area contributed by atoms with Gasteiger partial charge in [0.25, 0.3) is 5.91 Å². The van der Waals surface area contributed by atoms with Crippen LogP contribution in [0.1, 0.15) is 37.8 Å². The van der Waals surface area contributed by atoms with Crippen molar-refractivity contribution >= 4 is 29.1 Å². The van der Waals surface area contributed by atoms with Gasteiger partial charge in [-0.2, -0.15) is 4.98 Å². The summed E-state index contributed by atoms with van der Waals surface area (Å²) in [6.07, 6.45) is 0.771. The van der Waals surface area contributed by atoms with E-state index in [0.717, 1.165) is 21.4 Å². The van der Waals surface area contributed by atoms with E-state index in [9.17, 15) is 19.3 Å². The van der Waals surface area contributed by atoms with Gasteiger partial charge in [-0.3, -0.25) is 9.36 Å². The molecule has 11 heteroatoms. The first-order valence-corrected chi connectivity index (χ1v) is 11.9. The second-order valence-corrected chi connectivity index (χ2v) is 9.68. The summed E-state index contributed by atoms with van der Waals surface area (Å²) >= 11 is 6.00. The van der Waals surface area contributed by atoms with Crippen LogP contribution in [0.25, 0.3) is 0 Å². The summed E-state index contributed by atoms with van der Waals surface area (Å²) in [6, 6.07) is 12.3. The molecular formula is C25H26ClN5O5. The third-order valence-corrected chi connectivity index (χ3v) is 6.30. The first-order valence-electron chi connectivity index (χ1n) is 11.5. The summed E-state index contributed by atoms with van der Waals surface area (Å²) in [5.41, 5.74) is -0.380. The van der Waals surface area contributed by atoms with Crippen molar-refractivity contribution in [3.63, 3.8) is 0 Å². The quantitative estimate of drug-likeness (QED) is 0.430. The minimum absolute atomic E-state index is 0.0115. The van der Waals surface area contributed by atoms with E-state index in [4.69, 9.17) is 16.3 Å². The normalized spacial score (nSPS) is 13.9. The smallest absolute Gasteiger partial charge is 0.354 e. The summed E-state index contributed by atoms with van der Waals surface area (Å²) < 4.78 is 7.98. The summed E-state index contributed by atoms with van der Waals surface area (Å²) in [6.45, 7) is 5.60. The average Bonchev–Trinajstić information content (AvgIpc) is 3.62. The number of hydrogen-bond acceptors (Lipinski definition) is 7. The molecule has 1 aliphatic carbocycles. The molecule has 0 aliphatic heterocycles. The zero-order valence-corrected chi connectivity index (χ0v) is 20.9. The molecule has 1 fully saturated rings. The van der Waals surface area contributed by atoms with E-state index < -0.39 is 22.7 Å². The largest absolute Gasteiger partial charge is 0.491 e. The third kappa shape index (κ3) is 5.38. The van der Waals surface area contributed by atoms with Gasteiger partial charge in [-0.1, -0.05) is 23.7 Å². The van der Waals surface area contributed by atoms with Gasteiger partial charge in [0.2, 0.25) is 5.95 Å². The van der Waals surface area contributed by atoms with Crippen molar-refractivity contribution < 1.29 is 9.53 Å². The maximum Gasteiger partial charge on any atom is 0.354 e. The molecule has 10 nitrogen and oxygen atoms in total. The Hall–Kier alpha value is -3.79. The maximum absolute atomic E-state index is 13.5. The third-order valence-electron chi connectivity index (χ3n) is 6.05. The molecule has 1 N–H and O–H groups in total. The molecule has 1 aliphatic rings. The molecule has 3 aromatic rings. The second kappa shape index (κ2) is 10.1. The molecule has 1 saturated carbocycles. The molecule has 2 aromatic carbocycles. The summed E-state index contributed by atoms with van der Waals surface area (Å²) in [5, 5.41) is 6.13. The number of nitroso groups, excluding NO2 is 1. The molecule has 0 bridgehead atoms. The van der Waals surface area contributed by atoms with Crippen molar-refractivity contribution in [1.82, 2.24) is 14.1 Å². The predicted octanol–water partition coefficient (Wildman–Crippen LogP) is 4.02. The lowest BCUT2D eigenvalue weighted by Gasteiger charge is -2.18. The Balaban J connectivity index is 1.75. The number of carbonyl (C=O) groups excluding carboxylic acids is 1. The van der Waals surface area contributed by atoms with Crippen molar-refractivity contribution in [3.8, 4) is 5.75 Å².